The SMILES string of the molecule is CC(C)CC[C@@]1(C)NC(=O)N(CC(=O)Nc2cc([N+](=O)[O-])ccc2F)C1=O. The van der Waals surface area contributed by atoms with Gasteiger partial charge in [0.1, 0.15) is 17.9 Å². The third kappa shape index (κ3) is 4.57. The lowest BCUT2D eigenvalue weighted by Gasteiger charge is -2.22. The summed E-state index contributed by atoms with van der Waals surface area (Å²) in [6, 6.07) is 1.97. The van der Waals surface area contributed by atoms with Crippen LogP contribution < -0.4 is 10.6 Å². The Morgan fingerprint density at radius 3 is 2.67 bits per heavy atom. The molecule has 1 atom stereocenters. The topological polar surface area (TPSA) is 122 Å². The van der Waals surface area contributed by atoms with Gasteiger partial charge in [0, 0.05) is 12.1 Å². The molecule has 1 heterocycles. The summed E-state index contributed by atoms with van der Waals surface area (Å²) in [5.74, 6) is -1.91. The summed E-state index contributed by atoms with van der Waals surface area (Å²) >= 11 is 0. The number of imide groups is 1. The van der Waals surface area contributed by atoms with E-state index in [9.17, 15) is 28.9 Å². The summed E-state index contributed by atoms with van der Waals surface area (Å²) in [6.07, 6.45) is 1.13. The number of non-ortho nitro benzene ring substituents is 1. The maximum atomic E-state index is 13.8. The first-order chi connectivity index (χ1) is 12.5. The van der Waals surface area contributed by atoms with Gasteiger partial charge in [-0.15, -0.1) is 0 Å². The molecule has 0 unspecified atom stereocenters. The predicted molar refractivity (Wildman–Crippen MR) is 94.4 cm³/mol. The van der Waals surface area contributed by atoms with E-state index in [4.69, 9.17) is 0 Å². The number of hydrogen-bond donors (Lipinski definition) is 2. The Balaban J connectivity index is 2.08. The number of urea groups is 1. The highest BCUT2D eigenvalue weighted by Gasteiger charge is 2.47. The second kappa shape index (κ2) is 7.68. The standard InChI is InChI=1S/C17H21FN4O5/c1-10(2)6-7-17(3)15(24)21(16(25)20-17)9-14(23)19-13-8-11(22(26)27)4-5-12(13)18/h4-5,8,10H,6-7,9H2,1-3H3,(H,19,23)(H,20,25)/t17-/m1/s1. The lowest BCUT2D eigenvalue weighted by atomic mass is 9.92. The molecule has 0 saturated carbocycles. The van der Waals surface area contributed by atoms with Crippen LogP contribution in [0.2, 0.25) is 0 Å². The molecule has 27 heavy (non-hydrogen) atoms. The van der Waals surface area contributed by atoms with Crippen molar-refractivity contribution in [1.29, 1.82) is 0 Å². The number of anilines is 1. The maximum Gasteiger partial charge on any atom is 0.325 e. The van der Waals surface area contributed by atoms with Crippen LogP contribution in [-0.4, -0.2) is 39.8 Å². The lowest BCUT2D eigenvalue weighted by molar-refractivity contribution is -0.384. The normalized spacial score (nSPS) is 19.4. The number of nitro groups is 1. The molecule has 1 aromatic carbocycles. The average Bonchev–Trinajstić information content (AvgIpc) is 2.78. The van der Waals surface area contributed by atoms with Crippen LogP contribution >= 0.6 is 0 Å². The monoisotopic (exact) mass is 380 g/mol. The summed E-state index contributed by atoms with van der Waals surface area (Å²) in [6.45, 7) is 4.95. The Hall–Kier alpha value is -3.04. The summed E-state index contributed by atoms with van der Waals surface area (Å²) < 4.78 is 13.8. The fraction of sp³-hybridized carbons (Fsp3) is 0.471. The maximum absolute atomic E-state index is 13.8. The number of carbonyl (C=O) groups is 3. The van der Waals surface area contributed by atoms with E-state index in [0.717, 1.165) is 23.1 Å². The van der Waals surface area contributed by atoms with E-state index in [1.54, 1.807) is 6.92 Å². The fourth-order valence-corrected chi connectivity index (χ4v) is 2.69. The Kier molecular flexibility index (Phi) is 5.77. The Bertz CT molecular complexity index is 798. The minimum Gasteiger partial charge on any atom is -0.323 e. The largest absolute Gasteiger partial charge is 0.325 e. The second-order valence-corrected chi connectivity index (χ2v) is 7.06. The predicted octanol–water partition coefficient (Wildman–Crippen LogP) is 2.42. The van der Waals surface area contributed by atoms with Gasteiger partial charge < -0.3 is 10.6 Å². The van der Waals surface area contributed by atoms with Crippen molar-refractivity contribution in [1.82, 2.24) is 10.2 Å². The number of nitro benzene ring substituents is 1. The van der Waals surface area contributed by atoms with E-state index in [-0.39, 0.29) is 0 Å². The van der Waals surface area contributed by atoms with Crippen LogP contribution in [0.25, 0.3) is 0 Å². The van der Waals surface area contributed by atoms with Gasteiger partial charge in [-0.2, -0.15) is 0 Å². The van der Waals surface area contributed by atoms with Gasteiger partial charge >= 0.3 is 6.03 Å². The van der Waals surface area contributed by atoms with Crippen molar-refractivity contribution in [2.24, 2.45) is 5.92 Å². The molecule has 10 heteroatoms. The molecule has 1 saturated heterocycles. The number of carbonyl (C=O) groups excluding carboxylic acids is 3. The van der Waals surface area contributed by atoms with Crippen LogP contribution in [0.5, 0.6) is 0 Å². The van der Waals surface area contributed by atoms with E-state index < -0.39 is 52.0 Å². The third-order valence-electron chi connectivity index (χ3n) is 4.30. The second-order valence-electron chi connectivity index (χ2n) is 7.06. The van der Waals surface area contributed by atoms with Gasteiger partial charge in [0.2, 0.25) is 5.91 Å². The molecule has 0 aromatic heterocycles. The minimum atomic E-state index is -1.10. The first kappa shape index (κ1) is 20.3. The number of hydrogen-bond acceptors (Lipinski definition) is 5. The molecule has 0 spiro atoms. The molecule has 2 N–H and O–H groups in total. The minimum absolute atomic E-state index is 0.334. The number of halogens is 1. The van der Waals surface area contributed by atoms with E-state index in [1.165, 1.54) is 0 Å². The molecule has 0 radical (unpaired) electrons. The number of nitrogens with zero attached hydrogens (tertiary/aromatic N) is 2. The highest BCUT2D eigenvalue weighted by Crippen LogP contribution is 2.25. The molecule has 1 aliphatic heterocycles. The van der Waals surface area contributed by atoms with Crippen LogP contribution in [0, 0.1) is 21.8 Å². The van der Waals surface area contributed by atoms with Crippen molar-refractivity contribution in [3.8, 4) is 0 Å². The van der Waals surface area contributed by atoms with Crippen LogP contribution in [0.1, 0.15) is 33.6 Å². The Labute approximate surface area is 155 Å². The average molecular weight is 380 g/mol. The van der Waals surface area contributed by atoms with Gasteiger partial charge in [0.25, 0.3) is 11.6 Å². The molecule has 146 valence electrons. The lowest BCUT2D eigenvalue weighted by Crippen LogP contribution is -2.44. The molecule has 1 fully saturated rings. The molecule has 2 rings (SSSR count). The molecular weight excluding hydrogens is 359 g/mol. The van der Waals surface area contributed by atoms with Gasteiger partial charge in [0.15, 0.2) is 0 Å². The van der Waals surface area contributed by atoms with Crippen LogP contribution in [0.4, 0.5) is 20.6 Å². The highest BCUT2D eigenvalue weighted by atomic mass is 19.1. The Morgan fingerprint density at radius 2 is 2.07 bits per heavy atom. The van der Waals surface area contributed by atoms with Crippen molar-refractivity contribution in [3.05, 3.63) is 34.1 Å². The van der Waals surface area contributed by atoms with Crippen molar-refractivity contribution in [2.45, 2.75) is 39.2 Å². The van der Waals surface area contributed by atoms with Crippen LogP contribution in [0.15, 0.2) is 18.2 Å². The molecule has 1 aliphatic rings. The zero-order valence-corrected chi connectivity index (χ0v) is 15.2. The van der Waals surface area contributed by atoms with Crippen LogP contribution in [-0.2, 0) is 9.59 Å². The smallest absolute Gasteiger partial charge is 0.323 e. The van der Waals surface area contributed by atoms with Gasteiger partial charge in [-0.05, 0) is 31.7 Å². The fourth-order valence-electron chi connectivity index (χ4n) is 2.69. The number of nitrogens with one attached hydrogen (secondary N) is 2. The van der Waals surface area contributed by atoms with Crippen LogP contribution in [0.3, 0.4) is 0 Å². The van der Waals surface area contributed by atoms with Crippen molar-refractivity contribution >= 4 is 29.2 Å². The van der Waals surface area contributed by atoms with Gasteiger partial charge in [-0.1, -0.05) is 13.8 Å². The summed E-state index contributed by atoms with van der Waals surface area (Å²) in [5, 5.41) is 15.5. The Morgan fingerprint density at radius 1 is 1.41 bits per heavy atom. The quantitative estimate of drug-likeness (QED) is 0.427. The first-order valence-corrected chi connectivity index (χ1v) is 8.41. The zero-order valence-electron chi connectivity index (χ0n) is 15.2. The summed E-state index contributed by atoms with van der Waals surface area (Å²) in [4.78, 5) is 47.6. The third-order valence-corrected chi connectivity index (χ3v) is 4.30. The van der Waals surface area contributed by atoms with Gasteiger partial charge in [0.05, 0.1) is 10.6 Å². The molecule has 0 aliphatic carbocycles. The first-order valence-electron chi connectivity index (χ1n) is 8.41. The molecule has 1 aromatic rings. The van der Waals surface area contributed by atoms with Crippen molar-refractivity contribution < 1.29 is 23.7 Å². The number of amides is 4. The molecule has 4 amide bonds. The van der Waals surface area contributed by atoms with Crippen molar-refractivity contribution in [3.63, 3.8) is 0 Å². The molecule has 9 nitrogen and oxygen atoms in total. The van der Waals surface area contributed by atoms with E-state index in [1.807, 2.05) is 13.8 Å². The van der Waals surface area contributed by atoms with Gasteiger partial charge in [-0.3, -0.25) is 24.6 Å². The summed E-state index contributed by atoms with van der Waals surface area (Å²) in [7, 11) is 0. The molecule has 0 bridgehead atoms. The van der Waals surface area contributed by atoms with Crippen molar-refractivity contribution in [2.75, 3.05) is 11.9 Å². The zero-order chi connectivity index (χ0) is 20.4. The van der Waals surface area contributed by atoms with E-state index in [2.05, 4.69) is 10.6 Å². The number of rotatable bonds is 7. The highest BCUT2D eigenvalue weighted by molar-refractivity contribution is 6.09. The summed E-state index contributed by atoms with van der Waals surface area (Å²) in [5.41, 5.74) is -1.90. The van der Waals surface area contributed by atoms with E-state index >= 15 is 0 Å². The van der Waals surface area contributed by atoms with Gasteiger partial charge in [-0.25, -0.2) is 9.18 Å². The van der Waals surface area contributed by atoms with E-state index in [0.29, 0.717) is 18.8 Å². The molecular formula is C17H21FN4O5. The number of benzene rings is 1.